The van der Waals surface area contributed by atoms with E-state index in [1.54, 1.807) is 32.4 Å². The second-order valence-electron chi connectivity index (χ2n) is 8.87. The maximum atomic E-state index is 13.2. The zero-order chi connectivity index (χ0) is 26.4. The first-order valence-electron chi connectivity index (χ1n) is 12.1. The van der Waals surface area contributed by atoms with Crippen molar-refractivity contribution < 1.29 is 28.9 Å². The zero-order valence-corrected chi connectivity index (χ0v) is 21.3. The van der Waals surface area contributed by atoms with Crippen LogP contribution >= 0.6 is 0 Å². The van der Waals surface area contributed by atoms with Crippen LogP contribution < -0.4 is 9.47 Å². The van der Waals surface area contributed by atoms with Crippen LogP contribution in [-0.4, -0.2) is 49.1 Å². The third-order valence-corrected chi connectivity index (χ3v) is 6.40. The summed E-state index contributed by atoms with van der Waals surface area (Å²) < 4.78 is 16.4. The molecule has 1 saturated heterocycles. The Morgan fingerprint density at radius 1 is 0.973 bits per heavy atom. The molecule has 1 N–H and O–H groups in total. The Balaban J connectivity index is 1.68. The number of hydrogen-bond acceptors (Lipinski definition) is 6. The van der Waals surface area contributed by atoms with E-state index in [4.69, 9.17) is 14.2 Å². The molecule has 1 fully saturated rings. The first kappa shape index (κ1) is 26.0. The lowest BCUT2D eigenvalue weighted by Crippen LogP contribution is -2.31. The standard InChI is InChI=1S/C30H31NO6/c1-20-18-23(12-15-25(20)36-3)28(32)26-27(31(16-7-17-35-2)30(34)29(26)33)22-10-13-24(14-11-22)37-19-21-8-5-4-6-9-21/h4-6,8-15,18,27,32H,7,16-17,19H2,1-3H3/b28-26-. The van der Waals surface area contributed by atoms with Crippen molar-refractivity contribution in [3.8, 4) is 11.5 Å². The van der Waals surface area contributed by atoms with Crippen LogP contribution in [0.5, 0.6) is 11.5 Å². The molecule has 4 rings (SSSR count). The van der Waals surface area contributed by atoms with Crippen molar-refractivity contribution in [1.82, 2.24) is 4.90 Å². The summed E-state index contributed by atoms with van der Waals surface area (Å²) in [6.07, 6.45) is 0.556. The van der Waals surface area contributed by atoms with Crippen LogP contribution in [0.1, 0.15) is 34.7 Å². The molecular formula is C30H31NO6. The lowest BCUT2D eigenvalue weighted by atomic mass is 9.94. The molecule has 1 unspecified atom stereocenters. The van der Waals surface area contributed by atoms with Gasteiger partial charge in [-0.3, -0.25) is 9.59 Å². The summed E-state index contributed by atoms with van der Waals surface area (Å²) in [6, 6.07) is 21.5. The number of methoxy groups -OCH3 is 2. The van der Waals surface area contributed by atoms with Gasteiger partial charge in [0.15, 0.2) is 0 Å². The molecule has 7 heteroatoms. The van der Waals surface area contributed by atoms with Gasteiger partial charge in [0.05, 0.1) is 18.7 Å². The molecule has 1 amide bonds. The van der Waals surface area contributed by atoms with Crippen LogP contribution in [0, 0.1) is 6.92 Å². The highest BCUT2D eigenvalue weighted by Crippen LogP contribution is 2.40. The highest BCUT2D eigenvalue weighted by Gasteiger charge is 2.45. The van der Waals surface area contributed by atoms with Crippen molar-refractivity contribution in [2.75, 3.05) is 27.4 Å². The van der Waals surface area contributed by atoms with Crippen molar-refractivity contribution in [3.05, 3.63) is 101 Å². The minimum absolute atomic E-state index is 0.0601. The molecule has 192 valence electrons. The fourth-order valence-electron chi connectivity index (χ4n) is 4.50. The Labute approximate surface area is 216 Å². The second kappa shape index (κ2) is 11.8. The molecule has 1 heterocycles. The number of ketones is 1. The largest absolute Gasteiger partial charge is 0.507 e. The number of ether oxygens (including phenoxy) is 3. The Morgan fingerprint density at radius 3 is 2.35 bits per heavy atom. The van der Waals surface area contributed by atoms with Gasteiger partial charge in [-0.05, 0) is 60.4 Å². The van der Waals surface area contributed by atoms with E-state index in [9.17, 15) is 14.7 Å². The highest BCUT2D eigenvalue weighted by molar-refractivity contribution is 6.46. The lowest BCUT2D eigenvalue weighted by Gasteiger charge is -2.25. The quantitative estimate of drug-likeness (QED) is 0.181. The summed E-state index contributed by atoms with van der Waals surface area (Å²) in [6.45, 7) is 3.03. The Hall–Kier alpha value is -4.10. The van der Waals surface area contributed by atoms with Crippen LogP contribution in [0.4, 0.5) is 0 Å². The first-order chi connectivity index (χ1) is 17.9. The van der Waals surface area contributed by atoms with E-state index < -0.39 is 17.7 Å². The van der Waals surface area contributed by atoms with Crippen LogP contribution in [0.25, 0.3) is 5.76 Å². The summed E-state index contributed by atoms with van der Waals surface area (Å²) in [7, 11) is 3.16. The number of rotatable bonds is 10. The van der Waals surface area contributed by atoms with Crippen molar-refractivity contribution in [2.24, 2.45) is 0 Å². The lowest BCUT2D eigenvalue weighted by molar-refractivity contribution is -0.140. The van der Waals surface area contributed by atoms with E-state index in [2.05, 4.69) is 0 Å². The van der Waals surface area contributed by atoms with Gasteiger partial charge in [0.1, 0.15) is 23.9 Å². The third kappa shape index (κ3) is 5.67. The fraction of sp³-hybridized carbons (Fsp3) is 0.267. The molecule has 1 atom stereocenters. The molecule has 3 aromatic rings. The predicted octanol–water partition coefficient (Wildman–Crippen LogP) is 5.04. The van der Waals surface area contributed by atoms with E-state index >= 15 is 0 Å². The minimum atomic E-state index is -0.734. The first-order valence-corrected chi connectivity index (χ1v) is 12.1. The molecule has 0 bridgehead atoms. The number of likely N-dealkylation sites (tertiary alicyclic amines) is 1. The third-order valence-electron chi connectivity index (χ3n) is 6.40. The fourth-order valence-corrected chi connectivity index (χ4v) is 4.50. The van der Waals surface area contributed by atoms with E-state index in [1.807, 2.05) is 61.5 Å². The number of hydrogen-bond donors (Lipinski definition) is 1. The highest BCUT2D eigenvalue weighted by atomic mass is 16.5. The van der Waals surface area contributed by atoms with Gasteiger partial charge in [0.2, 0.25) is 0 Å². The SMILES string of the molecule is COCCCN1C(=O)C(=O)/C(=C(\O)c2ccc(OC)c(C)c2)C1c1ccc(OCc2ccccc2)cc1. The van der Waals surface area contributed by atoms with Gasteiger partial charge in [-0.2, -0.15) is 0 Å². The van der Waals surface area contributed by atoms with Crippen molar-refractivity contribution in [2.45, 2.75) is 26.0 Å². The van der Waals surface area contributed by atoms with E-state index in [-0.39, 0.29) is 11.3 Å². The second-order valence-corrected chi connectivity index (χ2v) is 8.87. The van der Waals surface area contributed by atoms with Crippen molar-refractivity contribution in [1.29, 1.82) is 0 Å². The van der Waals surface area contributed by atoms with Crippen LogP contribution in [0.15, 0.2) is 78.4 Å². The molecule has 0 spiro atoms. The minimum Gasteiger partial charge on any atom is -0.507 e. The Bertz CT molecular complexity index is 1280. The molecule has 1 aliphatic heterocycles. The average Bonchev–Trinajstić information content (AvgIpc) is 3.17. The number of carbonyl (C=O) groups is 2. The molecule has 0 aromatic heterocycles. The normalized spacial score (nSPS) is 16.7. The average molecular weight is 502 g/mol. The number of Topliss-reactive ketones (excluding diaryl/α,β-unsaturated/α-hetero) is 1. The summed E-state index contributed by atoms with van der Waals surface area (Å²) in [4.78, 5) is 27.8. The smallest absolute Gasteiger partial charge is 0.295 e. The topological polar surface area (TPSA) is 85.3 Å². The summed E-state index contributed by atoms with van der Waals surface area (Å²) >= 11 is 0. The molecule has 1 aliphatic rings. The van der Waals surface area contributed by atoms with E-state index in [0.717, 1.165) is 11.1 Å². The van der Waals surface area contributed by atoms with Gasteiger partial charge in [-0.15, -0.1) is 0 Å². The monoisotopic (exact) mass is 501 g/mol. The van der Waals surface area contributed by atoms with Crippen LogP contribution in [0.2, 0.25) is 0 Å². The zero-order valence-electron chi connectivity index (χ0n) is 21.3. The van der Waals surface area contributed by atoms with Gasteiger partial charge in [-0.1, -0.05) is 42.5 Å². The van der Waals surface area contributed by atoms with Crippen molar-refractivity contribution in [3.63, 3.8) is 0 Å². The number of aryl methyl sites for hydroxylation is 1. The molecule has 0 saturated carbocycles. The predicted molar refractivity (Wildman–Crippen MR) is 140 cm³/mol. The van der Waals surface area contributed by atoms with Crippen LogP contribution in [0.3, 0.4) is 0 Å². The molecule has 7 nitrogen and oxygen atoms in total. The molecule has 0 radical (unpaired) electrons. The van der Waals surface area contributed by atoms with Gasteiger partial charge in [-0.25, -0.2) is 0 Å². The summed E-state index contributed by atoms with van der Waals surface area (Å²) in [5.41, 5.74) is 3.06. The Morgan fingerprint density at radius 2 is 1.70 bits per heavy atom. The number of benzene rings is 3. The maximum Gasteiger partial charge on any atom is 0.295 e. The number of aliphatic hydroxyl groups excluding tert-OH is 1. The Kier molecular flexibility index (Phi) is 8.25. The maximum absolute atomic E-state index is 13.2. The molecular weight excluding hydrogens is 470 g/mol. The summed E-state index contributed by atoms with van der Waals surface area (Å²) in [5.74, 6) is -0.239. The van der Waals surface area contributed by atoms with Crippen LogP contribution in [-0.2, 0) is 20.9 Å². The van der Waals surface area contributed by atoms with Gasteiger partial charge in [0.25, 0.3) is 11.7 Å². The van der Waals surface area contributed by atoms with E-state index in [0.29, 0.717) is 48.8 Å². The number of carbonyl (C=O) groups excluding carboxylic acids is 2. The van der Waals surface area contributed by atoms with E-state index in [1.165, 1.54) is 4.90 Å². The number of nitrogens with zero attached hydrogens (tertiary/aromatic N) is 1. The number of aliphatic hydroxyl groups is 1. The molecule has 37 heavy (non-hydrogen) atoms. The van der Waals surface area contributed by atoms with Crippen molar-refractivity contribution >= 4 is 17.4 Å². The molecule has 3 aromatic carbocycles. The number of amides is 1. The van der Waals surface area contributed by atoms with Gasteiger partial charge < -0.3 is 24.2 Å². The summed E-state index contributed by atoms with van der Waals surface area (Å²) in [5, 5.41) is 11.3. The van der Waals surface area contributed by atoms with Gasteiger partial charge in [0, 0.05) is 25.8 Å². The van der Waals surface area contributed by atoms with Gasteiger partial charge >= 0.3 is 0 Å². The molecule has 0 aliphatic carbocycles.